The van der Waals surface area contributed by atoms with Gasteiger partial charge in [-0.15, -0.1) is 34.0 Å². The molecule has 12 aromatic rings. The van der Waals surface area contributed by atoms with E-state index in [4.69, 9.17) is 0 Å². The number of nitrogens with zero attached hydrogens (tertiary/aromatic N) is 10. The Balaban J connectivity index is 0.000000133. The normalized spacial score (nSPS) is 15.4. The molecule has 0 amide bonds. The zero-order chi connectivity index (χ0) is 69.0. The van der Waals surface area contributed by atoms with Crippen LogP contribution in [0.5, 0.6) is 0 Å². The summed E-state index contributed by atoms with van der Waals surface area (Å²) in [6.45, 7) is 9.90. The highest BCUT2D eigenvalue weighted by molar-refractivity contribution is 7.93. The van der Waals surface area contributed by atoms with Gasteiger partial charge in [0.25, 0.3) is 30.1 Å². The van der Waals surface area contributed by atoms with Crippen LogP contribution in [0.2, 0.25) is 0 Å². The van der Waals surface area contributed by atoms with Crippen molar-refractivity contribution in [2.45, 2.75) is 58.8 Å². The van der Waals surface area contributed by atoms with E-state index in [9.17, 15) is 42.8 Å². The molecule has 0 saturated heterocycles. The second-order valence-electron chi connectivity index (χ2n) is 24.3. The fourth-order valence-electron chi connectivity index (χ4n) is 12.2. The highest BCUT2D eigenvalue weighted by Crippen LogP contribution is 2.42. The van der Waals surface area contributed by atoms with Gasteiger partial charge in [-0.25, -0.2) is 36.2 Å². The van der Waals surface area contributed by atoms with Crippen LogP contribution in [-0.4, -0.2) is 132 Å². The molecule has 0 N–H and O–H groups in total. The number of hydrogen-bond donors (Lipinski definition) is 0. The lowest BCUT2D eigenvalue weighted by Gasteiger charge is -2.21. The maximum absolute atomic E-state index is 14.1. The van der Waals surface area contributed by atoms with Crippen molar-refractivity contribution in [3.05, 3.63) is 228 Å². The van der Waals surface area contributed by atoms with Crippen LogP contribution in [0.4, 0.5) is 17.6 Å². The molecule has 0 aliphatic carbocycles. The maximum Gasteiger partial charge on any atom is 0.416 e. The highest BCUT2D eigenvalue weighted by Gasteiger charge is 2.35. The Morgan fingerprint density at radius 2 is 0.806 bits per heavy atom. The molecular weight excluding hydrogens is 1370 g/mol. The summed E-state index contributed by atoms with van der Waals surface area (Å²) in [5, 5.41) is 3.64. The van der Waals surface area contributed by atoms with Gasteiger partial charge in [-0.05, 0) is 126 Å². The van der Waals surface area contributed by atoms with Crippen LogP contribution in [0.1, 0.15) is 58.6 Å². The number of benzene rings is 5. The highest BCUT2D eigenvalue weighted by atomic mass is 32.3. The number of rotatable bonds is 12. The molecule has 16 nitrogen and oxygen atoms in total. The molecule has 3 aliphatic rings. The van der Waals surface area contributed by atoms with Crippen LogP contribution in [-0.2, 0) is 36.2 Å². The van der Waals surface area contributed by atoms with Crippen molar-refractivity contribution in [1.82, 2.24) is 46.6 Å². The first-order valence-electron chi connectivity index (χ1n) is 31.3. The van der Waals surface area contributed by atoms with E-state index in [1.54, 1.807) is 39.4 Å². The second-order valence-corrected chi connectivity index (χ2v) is 33.3. The van der Waals surface area contributed by atoms with Crippen molar-refractivity contribution in [2.24, 2.45) is 0 Å². The van der Waals surface area contributed by atoms with Crippen molar-refractivity contribution in [2.75, 3.05) is 60.4 Å². The van der Waals surface area contributed by atoms with E-state index in [2.05, 4.69) is 53.8 Å². The zero-order valence-electron chi connectivity index (χ0n) is 54.1. The molecule has 504 valence electrons. The van der Waals surface area contributed by atoms with Gasteiger partial charge < -0.3 is 14.7 Å². The van der Waals surface area contributed by atoms with Crippen LogP contribution in [0.3, 0.4) is 0 Å². The molecule has 0 fully saturated rings. The minimum absolute atomic E-state index is 0.0667. The number of alkyl halides is 3. The lowest BCUT2D eigenvalue weighted by Crippen LogP contribution is -2.23. The number of halogens is 4. The summed E-state index contributed by atoms with van der Waals surface area (Å²) in [6, 6.07) is 39.7. The topological polar surface area (TPSA) is 178 Å². The van der Waals surface area contributed by atoms with Crippen molar-refractivity contribution in [1.29, 1.82) is 0 Å². The molecule has 0 spiro atoms. The number of aryl methyl sites for hydroxylation is 3. The average Bonchev–Trinajstić information content (AvgIpc) is 1.60. The third-order valence-corrected chi connectivity index (χ3v) is 27.8. The van der Waals surface area contributed by atoms with Crippen LogP contribution in [0, 0.1) is 26.6 Å². The SMILES string of the molecule is Cc1nc(-c2ccccc2)sc1S(=O)(=O)n1cc(C2=CCN(C)CC2)c2cc(C(F)(F)F)ccc21.Cc1nc(-c2ccccc2)sc1S(=O)(=O)n1cc(C2=CCN(C)CC2)c2cc(F)ccc21.Cc1nc(-c2ccccc2)sc1S(=O)(=O)n1cc(C2=CCN(C)CC2)c2cccnc21. The third kappa shape index (κ3) is 13.4. The number of pyridine rings is 1. The Kier molecular flexibility index (Phi) is 18.9. The molecular formula is C72H66F4N10O6S6. The van der Waals surface area contributed by atoms with Gasteiger partial charge in [0.15, 0.2) is 18.3 Å². The molecule has 7 aromatic heterocycles. The standard InChI is InChI=1S/C25H22F3N3O2S2.C24H22FN3O2S2.C23H22N4O2S2/c1-16-24(34-23(29-16)18-6-4-3-5-7-18)35(32,33)31-15-21(17-10-12-30(2)13-11-17)20-14-19(25(26,27)28)8-9-22(20)31;1-16-24(31-23(26-16)18-6-4-3-5-7-18)32(29,30)28-15-21(17-10-12-27(2)13-11-17)20-14-19(25)8-9-22(20)28;1-16-23(30-22(25-16)18-7-4-3-5-8-18)31(28,29)27-15-20(17-10-13-26(2)14-11-17)19-9-6-12-24-21(19)27/h3-10,14-15H,11-13H2,1-2H3;3-10,14-15H,11-13H2,1-2H3;3-10,12,15H,11,13-14H2,1-2H3. The molecule has 3 aliphatic heterocycles. The Bertz CT molecular complexity index is 5480. The van der Waals surface area contributed by atoms with Gasteiger partial charge >= 0.3 is 6.18 Å². The first kappa shape index (κ1) is 68.0. The average molecular weight is 1440 g/mol. The van der Waals surface area contributed by atoms with Gasteiger partial charge in [0.2, 0.25) is 0 Å². The van der Waals surface area contributed by atoms with Crippen LogP contribution in [0.15, 0.2) is 195 Å². The monoisotopic (exact) mass is 1430 g/mol. The molecule has 15 rings (SSSR count). The third-order valence-electron chi connectivity index (χ3n) is 17.4. The molecule has 0 radical (unpaired) electrons. The van der Waals surface area contributed by atoms with E-state index in [1.165, 1.54) is 49.7 Å². The van der Waals surface area contributed by atoms with Gasteiger partial charge in [0, 0.05) is 114 Å². The van der Waals surface area contributed by atoms with Crippen molar-refractivity contribution < 1.29 is 42.8 Å². The van der Waals surface area contributed by atoms with Crippen LogP contribution >= 0.6 is 34.0 Å². The summed E-state index contributed by atoms with van der Waals surface area (Å²) in [7, 11) is -5.78. The lowest BCUT2D eigenvalue weighted by molar-refractivity contribution is -0.137. The predicted octanol–water partition coefficient (Wildman–Crippen LogP) is 15.6. The van der Waals surface area contributed by atoms with E-state index < -0.39 is 41.8 Å². The summed E-state index contributed by atoms with van der Waals surface area (Å²) in [6.07, 6.45) is 10.4. The Hall–Kier alpha value is -8.57. The molecule has 0 saturated carbocycles. The minimum Gasteiger partial charge on any atom is -0.302 e. The van der Waals surface area contributed by atoms with Crippen LogP contribution in [0.25, 0.3) is 81.3 Å². The van der Waals surface area contributed by atoms with E-state index >= 15 is 0 Å². The summed E-state index contributed by atoms with van der Waals surface area (Å²) in [4.78, 5) is 24.5. The smallest absolute Gasteiger partial charge is 0.302 e. The van der Waals surface area contributed by atoms with E-state index in [0.29, 0.717) is 67.2 Å². The van der Waals surface area contributed by atoms with Gasteiger partial charge in [-0.3, -0.25) is 0 Å². The van der Waals surface area contributed by atoms with Gasteiger partial charge in [-0.1, -0.05) is 109 Å². The van der Waals surface area contributed by atoms with Gasteiger partial charge in [0.05, 0.1) is 33.7 Å². The van der Waals surface area contributed by atoms with E-state index in [1.807, 2.05) is 123 Å². The molecule has 5 aromatic carbocycles. The van der Waals surface area contributed by atoms with E-state index in [-0.39, 0.29) is 29.3 Å². The number of thiazole rings is 3. The van der Waals surface area contributed by atoms with Crippen molar-refractivity contribution in [3.8, 4) is 31.7 Å². The van der Waals surface area contributed by atoms with Gasteiger partial charge in [-0.2, -0.15) is 38.4 Å². The Morgan fingerprint density at radius 3 is 1.19 bits per heavy atom. The first-order chi connectivity index (χ1) is 46.8. The Morgan fingerprint density at radius 1 is 0.439 bits per heavy atom. The molecule has 10 heterocycles. The predicted molar refractivity (Wildman–Crippen MR) is 383 cm³/mol. The molecule has 0 unspecified atom stereocenters. The van der Waals surface area contributed by atoms with Crippen LogP contribution < -0.4 is 0 Å². The number of fused-ring (bicyclic) bond motifs is 3. The number of aromatic nitrogens is 7. The van der Waals surface area contributed by atoms with Crippen molar-refractivity contribution in [3.63, 3.8) is 0 Å². The molecule has 26 heteroatoms. The largest absolute Gasteiger partial charge is 0.416 e. The molecule has 0 bridgehead atoms. The summed E-state index contributed by atoms with van der Waals surface area (Å²) >= 11 is 3.41. The molecule has 98 heavy (non-hydrogen) atoms. The fourth-order valence-corrected chi connectivity index (χ4v) is 21.1. The minimum atomic E-state index is -4.54. The number of hydrogen-bond acceptors (Lipinski definition) is 16. The summed E-state index contributed by atoms with van der Waals surface area (Å²) in [5.74, 6) is -0.386. The first-order valence-corrected chi connectivity index (χ1v) is 38.1. The fraction of sp³-hybridized carbons (Fsp3) is 0.222. The Labute approximate surface area is 577 Å². The second kappa shape index (κ2) is 27.3. The van der Waals surface area contributed by atoms with Crippen molar-refractivity contribution >= 4 is 114 Å². The van der Waals surface area contributed by atoms with Gasteiger partial charge in [0.1, 0.15) is 20.8 Å². The van der Waals surface area contributed by atoms with E-state index in [0.717, 1.165) is 134 Å². The summed E-state index contributed by atoms with van der Waals surface area (Å²) < 4.78 is 142. The number of likely N-dealkylation sites (N-methyl/N-ethyl adjacent to an activating group) is 3. The quantitative estimate of drug-likeness (QED) is 0.106. The molecule has 0 atom stereocenters. The maximum atomic E-state index is 14.1. The zero-order valence-corrected chi connectivity index (χ0v) is 59.0. The lowest BCUT2D eigenvalue weighted by atomic mass is 9.98. The summed E-state index contributed by atoms with van der Waals surface area (Å²) in [5.41, 5.74) is 9.46.